The maximum Gasteiger partial charge on any atom is 0.251 e. The van der Waals surface area contributed by atoms with Crippen LogP contribution in [0.15, 0.2) is 35.7 Å². The average molecular weight is 384 g/mol. The number of carbonyl (C=O) groups excluding carboxylic acids is 2. The van der Waals surface area contributed by atoms with E-state index in [9.17, 15) is 9.59 Å². The van der Waals surface area contributed by atoms with Gasteiger partial charge in [-0.15, -0.1) is 11.3 Å². The predicted octanol–water partition coefficient (Wildman–Crippen LogP) is 2.81. The average Bonchev–Trinajstić information content (AvgIpc) is 3.25. The molecule has 0 spiro atoms. The van der Waals surface area contributed by atoms with Crippen molar-refractivity contribution >= 4 is 28.8 Å². The fourth-order valence-electron chi connectivity index (χ4n) is 4.15. The summed E-state index contributed by atoms with van der Waals surface area (Å²) in [5, 5.41) is 2.11. The van der Waals surface area contributed by atoms with Crippen LogP contribution in [-0.4, -0.2) is 53.8 Å². The third-order valence-electron chi connectivity index (χ3n) is 5.59. The lowest BCUT2D eigenvalue weighted by Gasteiger charge is -2.36. The highest BCUT2D eigenvalue weighted by molar-refractivity contribution is 7.09. The minimum Gasteiger partial charge on any atom is -0.296 e. The van der Waals surface area contributed by atoms with Crippen LogP contribution in [0.2, 0.25) is 0 Å². The van der Waals surface area contributed by atoms with Crippen LogP contribution in [0, 0.1) is 13.8 Å². The summed E-state index contributed by atoms with van der Waals surface area (Å²) in [6, 6.07) is 9.81. The molecule has 2 aliphatic heterocycles. The Morgan fingerprint density at radius 1 is 1.00 bits per heavy atom. The summed E-state index contributed by atoms with van der Waals surface area (Å²) >= 11 is 1.78. The number of carbonyl (C=O) groups is 2. The molecule has 1 aromatic heterocycles. The molecule has 3 heterocycles. The first-order valence-electron chi connectivity index (χ1n) is 9.46. The summed E-state index contributed by atoms with van der Waals surface area (Å²) in [6.45, 7) is 8.40. The van der Waals surface area contributed by atoms with Crippen molar-refractivity contribution in [2.75, 3.05) is 31.1 Å². The molecule has 27 heavy (non-hydrogen) atoms. The number of aryl methyl sites for hydroxylation is 2. The van der Waals surface area contributed by atoms with Gasteiger partial charge in [0.25, 0.3) is 5.91 Å². The van der Waals surface area contributed by atoms with Gasteiger partial charge in [0.1, 0.15) is 0 Å². The lowest BCUT2D eigenvalue weighted by atomic mass is 10.1. The van der Waals surface area contributed by atoms with Crippen LogP contribution in [0.3, 0.4) is 0 Å². The van der Waals surface area contributed by atoms with Gasteiger partial charge in [-0.1, -0.05) is 24.3 Å². The Kier molecular flexibility index (Phi) is 5.12. The third-order valence-corrected chi connectivity index (χ3v) is 6.45. The molecule has 0 N–H and O–H groups in total. The highest BCUT2D eigenvalue weighted by Gasteiger charge is 2.44. The van der Waals surface area contributed by atoms with Gasteiger partial charge >= 0.3 is 0 Å². The van der Waals surface area contributed by atoms with Crippen molar-refractivity contribution in [2.45, 2.75) is 32.9 Å². The van der Waals surface area contributed by atoms with E-state index >= 15 is 0 Å². The third kappa shape index (κ3) is 3.57. The summed E-state index contributed by atoms with van der Waals surface area (Å²) in [7, 11) is 0. The lowest BCUT2D eigenvalue weighted by Crippen LogP contribution is -2.52. The van der Waals surface area contributed by atoms with Crippen molar-refractivity contribution in [3.8, 4) is 0 Å². The fourth-order valence-corrected chi connectivity index (χ4v) is 4.90. The van der Waals surface area contributed by atoms with Crippen molar-refractivity contribution in [3.05, 3.63) is 51.7 Å². The molecule has 2 aliphatic rings. The lowest BCUT2D eigenvalue weighted by molar-refractivity contribution is -0.123. The van der Waals surface area contributed by atoms with Gasteiger partial charge in [0.05, 0.1) is 18.2 Å². The summed E-state index contributed by atoms with van der Waals surface area (Å²) in [5.41, 5.74) is 2.71. The van der Waals surface area contributed by atoms with Crippen molar-refractivity contribution in [1.82, 2.24) is 9.80 Å². The monoisotopic (exact) mass is 383 g/mol. The molecule has 0 aliphatic carbocycles. The zero-order valence-electron chi connectivity index (χ0n) is 15.9. The van der Waals surface area contributed by atoms with Gasteiger partial charge in [-0.25, -0.2) is 4.90 Å². The number of piperazine rings is 1. The molecular formula is C21H25N3O2S. The number of para-hydroxylation sites is 1. The minimum atomic E-state index is -0.319. The van der Waals surface area contributed by atoms with Gasteiger partial charge < -0.3 is 0 Å². The summed E-state index contributed by atoms with van der Waals surface area (Å²) in [6.07, 6.45) is 0.289. The van der Waals surface area contributed by atoms with Crippen LogP contribution >= 0.6 is 11.3 Å². The Morgan fingerprint density at radius 3 is 2.33 bits per heavy atom. The summed E-state index contributed by atoms with van der Waals surface area (Å²) in [5.74, 6) is -0.146. The predicted molar refractivity (Wildman–Crippen MR) is 108 cm³/mol. The quantitative estimate of drug-likeness (QED) is 0.762. The second-order valence-corrected chi connectivity index (χ2v) is 8.45. The maximum atomic E-state index is 13.1. The SMILES string of the molecule is Cc1cccc(C)c1N1C(=O)CC(N2CCN(Cc3cccs3)CC2)C1=O. The number of nitrogens with zero attached hydrogens (tertiary/aromatic N) is 3. The van der Waals surface area contributed by atoms with E-state index in [0.29, 0.717) is 0 Å². The number of imide groups is 1. The molecule has 1 atom stereocenters. The number of hydrogen-bond acceptors (Lipinski definition) is 5. The van der Waals surface area contributed by atoms with E-state index in [0.717, 1.165) is 49.5 Å². The Hall–Kier alpha value is -2.02. The van der Waals surface area contributed by atoms with Gasteiger partial charge in [0.2, 0.25) is 5.91 Å². The molecule has 0 bridgehead atoms. The Balaban J connectivity index is 1.44. The summed E-state index contributed by atoms with van der Waals surface area (Å²) < 4.78 is 0. The number of anilines is 1. The molecule has 142 valence electrons. The zero-order chi connectivity index (χ0) is 19.0. The van der Waals surface area contributed by atoms with Crippen molar-refractivity contribution in [2.24, 2.45) is 0 Å². The largest absolute Gasteiger partial charge is 0.296 e. The first kappa shape index (κ1) is 18.3. The van der Waals surface area contributed by atoms with Gasteiger partial charge in [-0.2, -0.15) is 0 Å². The van der Waals surface area contributed by atoms with E-state index in [1.165, 1.54) is 9.78 Å². The van der Waals surface area contributed by atoms with E-state index in [1.807, 2.05) is 32.0 Å². The molecule has 2 aromatic rings. The normalized spacial score (nSPS) is 22.0. The molecule has 1 unspecified atom stereocenters. The highest BCUT2D eigenvalue weighted by Crippen LogP contribution is 2.31. The van der Waals surface area contributed by atoms with Crippen molar-refractivity contribution in [3.63, 3.8) is 0 Å². The number of thiophene rings is 1. The first-order chi connectivity index (χ1) is 13.0. The van der Waals surface area contributed by atoms with Crippen LogP contribution < -0.4 is 4.90 Å². The molecule has 4 rings (SSSR count). The Morgan fingerprint density at radius 2 is 1.70 bits per heavy atom. The number of amides is 2. The van der Waals surface area contributed by atoms with Crippen molar-refractivity contribution in [1.29, 1.82) is 0 Å². The van der Waals surface area contributed by atoms with Gasteiger partial charge in [0, 0.05) is 37.6 Å². The van der Waals surface area contributed by atoms with E-state index in [1.54, 1.807) is 11.3 Å². The molecular weight excluding hydrogens is 358 g/mol. The second kappa shape index (κ2) is 7.54. The van der Waals surface area contributed by atoms with Crippen LogP contribution in [0.25, 0.3) is 0 Å². The maximum absolute atomic E-state index is 13.1. The van der Waals surface area contributed by atoms with E-state index in [4.69, 9.17) is 0 Å². The first-order valence-corrected chi connectivity index (χ1v) is 10.3. The minimum absolute atomic E-state index is 0.0656. The Labute approximate surface area is 164 Å². The molecule has 0 saturated carbocycles. The van der Waals surface area contributed by atoms with E-state index < -0.39 is 0 Å². The molecule has 0 radical (unpaired) electrons. The molecule has 5 nitrogen and oxygen atoms in total. The molecule has 2 saturated heterocycles. The number of benzene rings is 1. The van der Waals surface area contributed by atoms with Crippen LogP contribution in [-0.2, 0) is 16.1 Å². The molecule has 2 amide bonds. The van der Waals surface area contributed by atoms with Crippen LogP contribution in [0.4, 0.5) is 5.69 Å². The van der Waals surface area contributed by atoms with Gasteiger partial charge in [-0.3, -0.25) is 19.4 Å². The molecule has 2 fully saturated rings. The van der Waals surface area contributed by atoms with Crippen LogP contribution in [0.5, 0.6) is 0 Å². The standard InChI is InChI=1S/C21H25N3O2S/c1-15-5-3-6-16(2)20(15)24-19(25)13-18(21(24)26)23-10-8-22(9-11-23)14-17-7-4-12-27-17/h3-7,12,18H,8-11,13-14H2,1-2H3. The zero-order valence-corrected chi connectivity index (χ0v) is 16.7. The molecule has 1 aromatic carbocycles. The second-order valence-electron chi connectivity index (χ2n) is 7.42. The Bertz CT molecular complexity index is 821. The van der Waals surface area contributed by atoms with Crippen LogP contribution in [0.1, 0.15) is 22.4 Å². The summed E-state index contributed by atoms with van der Waals surface area (Å²) in [4.78, 5) is 33.2. The molecule has 6 heteroatoms. The van der Waals surface area contributed by atoms with Crippen molar-refractivity contribution < 1.29 is 9.59 Å². The van der Waals surface area contributed by atoms with E-state index in [-0.39, 0.29) is 24.3 Å². The fraction of sp³-hybridized carbons (Fsp3) is 0.429. The smallest absolute Gasteiger partial charge is 0.251 e. The van der Waals surface area contributed by atoms with E-state index in [2.05, 4.69) is 27.3 Å². The number of hydrogen-bond donors (Lipinski definition) is 0. The van der Waals surface area contributed by atoms with Gasteiger partial charge in [-0.05, 0) is 36.4 Å². The highest BCUT2D eigenvalue weighted by atomic mass is 32.1. The van der Waals surface area contributed by atoms with Gasteiger partial charge in [0.15, 0.2) is 0 Å². The number of rotatable bonds is 4. The topological polar surface area (TPSA) is 43.9 Å².